The predicted octanol–water partition coefficient (Wildman–Crippen LogP) is 1.69. The lowest BCUT2D eigenvalue weighted by molar-refractivity contribution is -0.138. The van der Waals surface area contributed by atoms with Gasteiger partial charge >= 0.3 is 5.97 Å². The average Bonchev–Trinajstić information content (AvgIpc) is 2.30. The van der Waals surface area contributed by atoms with Gasteiger partial charge in [0.2, 0.25) is 0 Å². The Bertz CT molecular complexity index is 379. The molecule has 0 aromatic heterocycles. The molecule has 0 heterocycles. The zero-order valence-corrected chi connectivity index (χ0v) is 11.5. The first-order chi connectivity index (χ1) is 8.49. The molecule has 1 rings (SSSR count). The zero-order valence-electron chi connectivity index (χ0n) is 10.7. The van der Waals surface area contributed by atoms with E-state index in [4.69, 9.17) is 10.8 Å². The smallest absolute Gasteiger partial charge is 0.321 e. The lowest BCUT2D eigenvalue weighted by Crippen LogP contribution is -2.40. The number of aliphatic carboxylic acids is 1. The molecule has 0 bridgehead atoms. The summed E-state index contributed by atoms with van der Waals surface area (Å²) < 4.78 is 0. The first-order valence-corrected chi connectivity index (χ1v) is 6.81. The van der Waals surface area contributed by atoms with E-state index in [0.717, 1.165) is 5.56 Å². The Morgan fingerprint density at radius 1 is 1.39 bits per heavy atom. The fourth-order valence-electron chi connectivity index (χ4n) is 1.42. The van der Waals surface area contributed by atoms with Crippen LogP contribution in [0.25, 0.3) is 0 Å². The van der Waals surface area contributed by atoms with Crippen molar-refractivity contribution in [3.63, 3.8) is 0 Å². The normalized spacial score (nSPS) is 12.7. The molecule has 18 heavy (non-hydrogen) atoms. The van der Waals surface area contributed by atoms with Crippen molar-refractivity contribution in [2.24, 2.45) is 5.73 Å². The van der Waals surface area contributed by atoms with Crippen molar-refractivity contribution < 1.29 is 9.90 Å². The van der Waals surface area contributed by atoms with E-state index in [1.807, 2.05) is 23.9 Å². The highest BCUT2D eigenvalue weighted by atomic mass is 32.2. The van der Waals surface area contributed by atoms with Gasteiger partial charge in [0, 0.05) is 23.2 Å². The van der Waals surface area contributed by atoms with E-state index >= 15 is 0 Å². The van der Waals surface area contributed by atoms with Gasteiger partial charge < -0.3 is 16.2 Å². The van der Waals surface area contributed by atoms with Crippen LogP contribution in [0.5, 0.6) is 0 Å². The maximum absolute atomic E-state index is 10.5. The lowest BCUT2D eigenvalue weighted by atomic mass is 10.2. The molecule has 0 radical (unpaired) electrons. The summed E-state index contributed by atoms with van der Waals surface area (Å²) >= 11 is 1.82. The van der Waals surface area contributed by atoms with E-state index in [1.54, 1.807) is 0 Å². The minimum Gasteiger partial charge on any atom is -0.480 e. The molecule has 0 aliphatic carbocycles. The molecule has 0 aliphatic heterocycles. The monoisotopic (exact) mass is 268 g/mol. The number of carboxylic acids is 1. The molecule has 1 aromatic carbocycles. The highest BCUT2D eigenvalue weighted by molar-refractivity contribution is 7.99. The van der Waals surface area contributed by atoms with Crippen LogP contribution in [0.3, 0.4) is 0 Å². The number of hydrogen-bond donors (Lipinski definition) is 3. The number of thioether (sulfide) groups is 1. The van der Waals surface area contributed by atoms with Crippen molar-refractivity contribution in [2.75, 3.05) is 6.54 Å². The molecule has 5 heteroatoms. The highest BCUT2D eigenvalue weighted by Crippen LogP contribution is 2.22. The van der Waals surface area contributed by atoms with E-state index in [2.05, 4.69) is 31.3 Å². The first-order valence-electron chi connectivity index (χ1n) is 5.93. The topological polar surface area (TPSA) is 75.3 Å². The summed E-state index contributed by atoms with van der Waals surface area (Å²) in [6.07, 6.45) is 0. The highest BCUT2D eigenvalue weighted by Gasteiger charge is 2.09. The summed E-state index contributed by atoms with van der Waals surface area (Å²) in [6, 6.07) is 7.41. The summed E-state index contributed by atoms with van der Waals surface area (Å²) in [6.45, 7) is 5.23. The molecule has 0 fully saturated rings. The Balaban J connectivity index is 2.37. The zero-order chi connectivity index (χ0) is 13.5. The van der Waals surface area contributed by atoms with Gasteiger partial charge in [-0.05, 0) is 17.7 Å². The molecule has 1 atom stereocenters. The largest absolute Gasteiger partial charge is 0.480 e. The van der Waals surface area contributed by atoms with Gasteiger partial charge in [-0.25, -0.2) is 0 Å². The Labute approximate surface area is 112 Å². The number of carboxylic acid groups (broad SMARTS) is 1. The summed E-state index contributed by atoms with van der Waals surface area (Å²) in [4.78, 5) is 11.8. The minimum absolute atomic E-state index is 0.276. The molecule has 1 aromatic rings. The second-order valence-electron chi connectivity index (χ2n) is 4.39. The number of carbonyl (C=O) groups is 1. The summed E-state index contributed by atoms with van der Waals surface area (Å²) in [5, 5.41) is 12.2. The Morgan fingerprint density at radius 3 is 2.50 bits per heavy atom. The molecule has 0 aliphatic rings. The van der Waals surface area contributed by atoms with Crippen LogP contribution in [0.4, 0.5) is 0 Å². The van der Waals surface area contributed by atoms with Crippen molar-refractivity contribution in [1.82, 2.24) is 5.32 Å². The summed E-state index contributed by atoms with van der Waals surface area (Å²) in [7, 11) is 0. The number of rotatable bonds is 7. The van der Waals surface area contributed by atoms with Gasteiger partial charge in [-0.1, -0.05) is 26.0 Å². The maximum atomic E-state index is 10.5. The Hall–Kier alpha value is -1.04. The van der Waals surface area contributed by atoms with Crippen LogP contribution in [0.15, 0.2) is 29.2 Å². The van der Waals surface area contributed by atoms with Gasteiger partial charge in [-0.15, -0.1) is 11.8 Å². The molecule has 100 valence electrons. The van der Waals surface area contributed by atoms with Crippen LogP contribution in [0, 0.1) is 0 Å². The van der Waals surface area contributed by atoms with Crippen LogP contribution >= 0.6 is 11.8 Å². The lowest BCUT2D eigenvalue weighted by Gasteiger charge is -2.09. The second kappa shape index (κ2) is 7.41. The molecular formula is C13H20N2O2S. The third-order valence-electron chi connectivity index (χ3n) is 2.31. The van der Waals surface area contributed by atoms with E-state index < -0.39 is 12.0 Å². The third kappa shape index (κ3) is 5.53. The first kappa shape index (κ1) is 15.0. The number of nitrogens with two attached hydrogens (primary N) is 1. The second-order valence-corrected chi connectivity index (χ2v) is 6.04. The van der Waals surface area contributed by atoms with Crippen LogP contribution in [0.1, 0.15) is 19.4 Å². The van der Waals surface area contributed by atoms with E-state index in [0.29, 0.717) is 11.8 Å². The van der Waals surface area contributed by atoms with Gasteiger partial charge in [-0.2, -0.15) is 0 Å². The van der Waals surface area contributed by atoms with Crippen LogP contribution in [-0.4, -0.2) is 28.9 Å². The van der Waals surface area contributed by atoms with Crippen molar-refractivity contribution in [3.8, 4) is 0 Å². The Morgan fingerprint density at radius 2 is 2.00 bits per heavy atom. The van der Waals surface area contributed by atoms with Crippen LogP contribution in [0.2, 0.25) is 0 Å². The van der Waals surface area contributed by atoms with Gasteiger partial charge in [-0.3, -0.25) is 4.79 Å². The fourth-order valence-corrected chi connectivity index (χ4v) is 2.25. The maximum Gasteiger partial charge on any atom is 0.321 e. The molecule has 0 saturated heterocycles. The van der Waals surface area contributed by atoms with Gasteiger partial charge in [0.25, 0.3) is 0 Å². The van der Waals surface area contributed by atoms with E-state index in [-0.39, 0.29) is 6.54 Å². The van der Waals surface area contributed by atoms with Crippen molar-refractivity contribution >= 4 is 17.7 Å². The summed E-state index contributed by atoms with van der Waals surface area (Å²) in [5.41, 5.74) is 6.52. The van der Waals surface area contributed by atoms with Gasteiger partial charge in [0.1, 0.15) is 6.04 Å². The molecule has 0 saturated carbocycles. The van der Waals surface area contributed by atoms with Gasteiger partial charge in [0.15, 0.2) is 0 Å². The van der Waals surface area contributed by atoms with Crippen molar-refractivity contribution in [3.05, 3.63) is 29.8 Å². The number of nitrogens with one attached hydrogen (secondary N) is 1. The molecule has 4 nitrogen and oxygen atoms in total. The van der Waals surface area contributed by atoms with Crippen LogP contribution < -0.4 is 11.1 Å². The van der Waals surface area contributed by atoms with Crippen molar-refractivity contribution in [1.29, 1.82) is 0 Å². The predicted molar refractivity (Wildman–Crippen MR) is 74.8 cm³/mol. The third-order valence-corrected chi connectivity index (χ3v) is 3.32. The number of hydrogen-bond acceptors (Lipinski definition) is 4. The molecular weight excluding hydrogens is 248 g/mol. The standard InChI is InChI=1S/C13H20N2O2S/c1-9(2)18-11-5-3-10(4-6-11)7-15-8-12(14)13(16)17/h3-6,9,12,15H,7-8,14H2,1-2H3,(H,16,17). The fraction of sp³-hybridized carbons (Fsp3) is 0.462. The summed E-state index contributed by atoms with van der Waals surface area (Å²) in [5.74, 6) is -0.980. The molecule has 4 N–H and O–H groups in total. The Kier molecular flexibility index (Phi) is 6.18. The molecule has 1 unspecified atom stereocenters. The average molecular weight is 268 g/mol. The molecule has 0 spiro atoms. The van der Waals surface area contributed by atoms with E-state index in [1.165, 1.54) is 4.90 Å². The van der Waals surface area contributed by atoms with E-state index in [9.17, 15) is 4.79 Å². The van der Waals surface area contributed by atoms with Crippen molar-refractivity contribution in [2.45, 2.75) is 36.6 Å². The number of benzene rings is 1. The molecule has 0 amide bonds. The SMILES string of the molecule is CC(C)Sc1ccc(CNCC(N)C(=O)O)cc1. The quantitative estimate of drug-likeness (QED) is 0.656. The minimum atomic E-state index is -0.980. The van der Waals surface area contributed by atoms with Crippen LogP contribution in [-0.2, 0) is 11.3 Å². The van der Waals surface area contributed by atoms with Gasteiger partial charge in [0.05, 0.1) is 0 Å².